The van der Waals surface area contributed by atoms with Gasteiger partial charge in [0.05, 0.1) is 23.4 Å². The van der Waals surface area contributed by atoms with Crippen LogP contribution in [0.5, 0.6) is 0 Å². The van der Waals surface area contributed by atoms with E-state index in [4.69, 9.17) is 16.3 Å². The summed E-state index contributed by atoms with van der Waals surface area (Å²) >= 11 is 7.81. The van der Waals surface area contributed by atoms with Crippen molar-refractivity contribution in [2.75, 3.05) is 6.61 Å². The summed E-state index contributed by atoms with van der Waals surface area (Å²) in [5.41, 5.74) is 4.71. The van der Waals surface area contributed by atoms with Gasteiger partial charge in [-0.1, -0.05) is 48.8 Å². The molecule has 2 atom stereocenters. The van der Waals surface area contributed by atoms with Crippen LogP contribution in [0.25, 0.3) is 4.91 Å². The second-order valence-corrected chi connectivity index (χ2v) is 10.4. The standard InChI is InChI=1S/C28H30ClFN2O2S/c1-5-10-32-16-20(15-31-32)22-11-17(3)27(24-14-26(30)25(29)13-23(24)18(22)4)35-21-9-7-8-19(12-21)28(33)34-6-2/h7-9,12-16,18,22H,5-6,10-11H2,1-4H3. The van der Waals surface area contributed by atoms with Gasteiger partial charge in [-0.2, -0.15) is 5.10 Å². The topological polar surface area (TPSA) is 44.1 Å². The van der Waals surface area contributed by atoms with Gasteiger partial charge >= 0.3 is 5.97 Å². The lowest BCUT2D eigenvalue weighted by molar-refractivity contribution is 0.0526. The molecule has 0 spiro atoms. The molecule has 0 amide bonds. The Morgan fingerprint density at radius 1 is 1.29 bits per heavy atom. The van der Waals surface area contributed by atoms with Gasteiger partial charge in [-0.05, 0) is 85.5 Å². The number of hydrogen-bond donors (Lipinski definition) is 0. The van der Waals surface area contributed by atoms with Crippen LogP contribution >= 0.6 is 23.4 Å². The van der Waals surface area contributed by atoms with E-state index < -0.39 is 5.82 Å². The highest BCUT2D eigenvalue weighted by atomic mass is 35.5. The van der Waals surface area contributed by atoms with Crippen molar-refractivity contribution in [1.82, 2.24) is 9.78 Å². The number of ether oxygens (including phenoxy) is 1. The first-order valence-corrected chi connectivity index (χ1v) is 13.2. The van der Waals surface area contributed by atoms with E-state index in [1.165, 1.54) is 5.56 Å². The molecule has 4 rings (SSSR count). The molecule has 2 aromatic carbocycles. The number of nitrogens with zero attached hydrogens (tertiary/aromatic N) is 2. The van der Waals surface area contributed by atoms with Gasteiger partial charge in [-0.15, -0.1) is 0 Å². The van der Waals surface area contributed by atoms with Gasteiger partial charge in [0, 0.05) is 22.5 Å². The zero-order chi connectivity index (χ0) is 25.1. The average molecular weight is 513 g/mol. The third kappa shape index (κ3) is 5.49. The maximum Gasteiger partial charge on any atom is 0.338 e. The highest BCUT2D eigenvalue weighted by Crippen LogP contribution is 2.50. The molecule has 1 aliphatic carbocycles. The van der Waals surface area contributed by atoms with E-state index in [1.807, 2.05) is 29.1 Å². The predicted octanol–water partition coefficient (Wildman–Crippen LogP) is 8.08. The zero-order valence-electron chi connectivity index (χ0n) is 20.5. The lowest BCUT2D eigenvalue weighted by Crippen LogP contribution is -2.08. The van der Waals surface area contributed by atoms with Crippen LogP contribution in [0.2, 0.25) is 5.02 Å². The van der Waals surface area contributed by atoms with E-state index >= 15 is 0 Å². The number of fused-ring (bicyclic) bond motifs is 1. The minimum atomic E-state index is -0.432. The molecule has 1 aromatic heterocycles. The molecule has 0 saturated carbocycles. The lowest BCUT2D eigenvalue weighted by Gasteiger charge is -2.23. The van der Waals surface area contributed by atoms with Crippen molar-refractivity contribution in [2.45, 2.75) is 63.8 Å². The maximum absolute atomic E-state index is 14.7. The van der Waals surface area contributed by atoms with Crippen LogP contribution in [-0.4, -0.2) is 22.4 Å². The third-order valence-electron chi connectivity index (χ3n) is 6.44. The average Bonchev–Trinajstić information content (AvgIpc) is 3.27. The smallest absolute Gasteiger partial charge is 0.338 e. The number of thioether (sulfide) groups is 1. The van der Waals surface area contributed by atoms with Gasteiger partial charge in [0.25, 0.3) is 0 Å². The first-order chi connectivity index (χ1) is 16.8. The molecule has 35 heavy (non-hydrogen) atoms. The normalized spacial score (nSPS) is 17.8. The summed E-state index contributed by atoms with van der Waals surface area (Å²) in [6.07, 6.45) is 5.91. The van der Waals surface area contributed by atoms with E-state index in [-0.39, 0.29) is 22.8 Å². The number of aryl methyl sites for hydroxylation is 1. The van der Waals surface area contributed by atoms with Crippen molar-refractivity contribution in [2.24, 2.45) is 0 Å². The Bertz CT molecular complexity index is 1270. The molecule has 0 aliphatic heterocycles. The van der Waals surface area contributed by atoms with Crippen molar-refractivity contribution < 1.29 is 13.9 Å². The van der Waals surface area contributed by atoms with E-state index in [2.05, 4.69) is 32.1 Å². The summed E-state index contributed by atoms with van der Waals surface area (Å²) in [6, 6.07) is 10.7. The predicted molar refractivity (Wildman–Crippen MR) is 141 cm³/mol. The van der Waals surface area contributed by atoms with Crippen molar-refractivity contribution in [3.8, 4) is 0 Å². The summed E-state index contributed by atoms with van der Waals surface area (Å²) in [7, 11) is 0. The number of esters is 1. The summed E-state index contributed by atoms with van der Waals surface area (Å²) in [5.74, 6) is -0.485. The van der Waals surface area contributed by atoms with Crippen LogP contribution in [0.15, 0.2) is 59.3 Å². The molecule has 0 fully saturated rings. The molecule has 2 unspecified atom stereocenters. The van der Waals surface area contributed by atoms with E-state index in [9.17, 15) is 9.18 Å². The number of halogens is 2. The molecule has 1 aliphatic rings. The molecule has 3 aromatic rings. The monoisotopic (exact) mass is 512 g/mol. The summed E-state index contributed by atoms with van der Waals surface area (Å²) in [6.45, 7) is 9.40. The van der Waals surface area contributed by atoms with Crippen LogP contribution in [0.4, 0.5) is 4.39 Å². The van der Waals surface area contributed by atoms with Crippen molar-refractivity contribution in [1.29, 1.82) is 0 Å². The van der Waals surface area contributed by atoms with Crippen LogP contribution < -0.4 is 0 Å². The Labute approximate surface area is 215 Å². The van der Waals surface area contributed by atoms with E-state index in [0.717, 1.165) is 45.9 Å². The number of hydrogen-bond acceptors (Lipinski definition) is 4. The second-order valence-electron chi connectivity index (χ2n) is 8.95. The molecule has 0 N–H and O–H groups in total. The van der Waals surface area contributed by atoms with E-state index in [0.29, 0.717) is 12.2 Å². The lowest BCUT2D eigenvalue weighted by atomic mass is 9.81. The SMILES string of the molecule is CCCn1cc(C2CC(C)=C(Sc3cccc(C(=O)OCC)c3)c3cc(F)c(Cl)cc3C2C)cn1. The fourth-order valence-corrected chi connectivity index (χ4v) is 5.96. The first-order valence-electron chi connectivity index (χ1n) is 12.0. The second kappa shape index (κ2) is 11.0. The number of carbonyl (C=O) groups is 1. The molecule has 7 heteroatoms. The quantitative estimate of drug-likeness (QED) is 0.300. The minimum absolute atomic E-state index is 0.112. The highest BCUT2D eigenvalue weighted by molar-refractivity contribution is 8.08. The Balaban J connectivity index is 1.78. The number of allylic oxidation sites excluding steroid dienone is 1. The molecule has 1 heterocycles. The third-order valence-corrected chi connectivity index (χ3v) is 8.00. The van der Waals surface area contributed by atoms with Crippen LogP contribution in [-0.2, 0) is 11.3 Å². The molecule has 0 radical (unpaired) electrons. The van der Waals surface area contributed by atoms with Gasteiger partial charge in [-0.25, -0.2) is 9.18 Å². The van der Waals surface area contributed by atoms with Crippen molar-refractivity contribution in [3.63, 3.8) is 0 Å². The Morgan fingerprint density at radius 3 is 2.83 bits per heavy atom. The maximum atomic E-state index is 14.7. The number of benzene rings is 2. The van der Waals surface area contributed by atoms with Crippen molar-refractivity contribution in [3.05, 3.63) is 87.5 Å². The van der Waals surface area contributed by atoms with Gasteiger partial charge in [0.2, 0.25) is 0 Å². The van der Waals surface area contributed by atoms with E-state index in [1.54, 1.807) is 36.9 Å². The van der Waals surface area contributed by atoms with Gasteiger partial charge in [0.1, 0.15) is 5.82 Å². The summed E-state index contributed by atoms with van der Waals surface area (Å²) in [5, 5.41) is 4.68. The van der Waals surface area contributed by atoms with Gasteiger partial charge < -0.3 is 4.74 Å². The fraction of sp³-hybridized carbons (Fsp3) is 0.357. The van der Waals surface area contributed by atoms with Crippen LogP contribution in [0.1, 0.15) is 79.4 Å². The van der Waals surface area contributed by atoms with Crippen LogP contribution in [0.3, 0.4) is 0 Å². The largest absolute Gasteiger partial charge is 0.462 e. The van der Waals surface area contributed by atoms with Crippen molar-refractivity contribution >= 4 is 34.2 Å². The van der Waals surface area contributed by atoms with Gasteiger partial charge in [-0.3, -0.25) is 4.68 Å². The molecule has 4 nitrogen and oxygen atoms in total. The number of rotatable bonds is 7. The Kier molecular flexibility index (Phi) is 8.02. The number of carbonyl (C=O) groups excluding carboxylic acids is 1. The molecular formula is C28H30ClFN2O2S. The Hall–Kier alpha value is -2.57. The zero-order valence-corrected chi connectivity index (χ0v) is 22.0. The molecule has 0 saturated heterocycles. The minimum Gasteiger partial charge on any atom is -0.462 e. The fourth-order valence-electron chi connectivity index (χ4n) is 4.67. The Morgan fingerprint density at radius 2 is 2.09 bits per heavy atom. The molecular weight excluding hydrogens is 483 g/mol. The molecule has 0 bridgehead atoms. The summed E-state index contributed by atoms with van der Waals surface area (Å²) < 4.78 is 21.9. The van der Waals surface area contributed by atoms with Gasteiger partial charge in [0.15, 0.2) is 0 Å². The summed E-state index contributed by atoms with van der Waals surface area (Å²) in [4.78, 5) is 14.2. The first kappa shape index (κ1) is 25.5. The molecule has 184 valence electrons. The number of aromatic nitrogens is 2. The highest BCUT2D eigenvalue weighted by Gasteiger charge is 2.31. The van der Waals surface area contributed by atoms with Crippen LogP contribution in [0, 0.1) is 5.82 Å².